The highest BCUT2D eigenvalue weighted by atomic mass is 35.5. The van der Waals surface area contributed by atoms with Gasteiger partial charge >= 0.3 is 6.03 Å². The molecule has 0 spiro atoms. The molecular weight excluding hydrogens is 366 g/mol. The van der Waals surface area contributed by atoms with Crippen molar-refractivity contribution in [1.29, 1.82) is 0 Å². The van der Waals surface area contributed by atoms with Crippen molar-refractivity contribution < 1.29 is 14.3 Å². The van der Waals surface area contributed by atoms with E-state index in [0.29, 0.717) is 30.5 Å². The summed E-state index contributed by atoms with van der Waals surface area (Å²) in [5.41, 5.74) is 0.962. The third kappa shape index (κ3) is 7.29. The molecule has 1 atom stereocenters. The maximum Gasteiger partial charge on any atom is 0.321 e. The Hall–Kier alpha value is -2.57. The normalized spacial score (nSPS) is 11.7. The van der Waals surface area contributed by atoms with Crippen LogP contribution in [0.4, 0.5) is 4.79 Å². The molecule has 0 aliphatic rings. The number of hydrogen-bond donors (Lipinski definition) is 2. The summed E-state index contributed by atoms with van der Waals surface area (Å²) in [7, 11) is 1.80. The summed E-state index contributed by atoms with van der Waals surface area (Å²) in [4.78, 5) is 25.9. The maximum atomic E-state index is 12.2. The number of benzene rings is 2. The summed E-state index contributed by atoms with van der Waals surface area (Å²) in [5, 5.41) is 5.63. The SMILES string of the molecule is CC(C(=O)NC(=O)NCc1ccccc1)N(C)CCOc1cccc(Cl)c1. The fourth-order valence-corrected chi connectivity index (χ4v) is 2.48. The largest absolute Gasteiger partial charge is 0.492 e. The zero-order chi connectivity index (χ0) is 19.6. The highest BCUT2D eigenvalue weighted by molar-refractivity contribution is 6.30. The lowest BCUT2D eigenvalue weighted by molar-refractivity contribution is -0.124. The molecule has 27 heavy (non-hydrogen) atoms. The van der Waals surface area contributed by atoms with E-state index < -0.39 is 12.1 Å². The van der Waals surface area contributed by atoms with Crippen molar-refractivity contribution in [2.45, 2.75) is 19.5 Å². The molecule has 3 amide bonds. The molecule has 0 bridgehead atoms. The van der Waals surface area contributed by atoms with E-state index in [0.717, 1.165) is 5.56 Å². The third-order valence-electron chi connectivity index (χ3n) is 4.08. The molecule has 2 aromatic carbocycles. The van der Waals surface area contributed by atoms with Crippen LogP contribution in [0.3, 0.4) is 0 Å². The molecule has 6 nitrogen and oxygen atoms in total. The Balaban J connectivity index is 1.70. The lowest BCUT2D eigenvalue weighted by Crippen LogP contribution is -2.49. The number of likely N-dealkylation sites (N-methyl/N-ethyl adjacent to an activating group) is 1. The maximum absolute atomic E-state index is 12.2. The first kappa shape index (κ1) is 20.7. The van der Waals surface area contributed by atoms with Crippen LogP contribution in [-0.2, 0) is 11.3 Å². The molecule has 2 aromatic rings. The lowest BCUT2D eigenvalue weighted by Gasteiger charge is -2.23. The lowest BCUT2D eigenvalue weighted by atomic mass is 10.2. The van der Waals surface area contributed by atoms with Gasteiger partial charge in [-0.2, -0.15) is 0 Å². The molecule has 0 radical (unpaired) electrons. The van der Waals surface area contributed by atoms with Crippen LogP contribution in [0.15, 0.2) is 54.6 Å². The Kier molecular flexibility index (Phi) is 8.10. The number of nitrogens with one attached hydrogen (secondary N) is 2. The highest BCUT2D eigenvalue weighted by Crippen LogP contribution is 2.16. The van der Waals surface area contributed by atoms with Gasteiger partial charge in [0.15, 0.2) is 0 Å². The average molecular weight is 390 g/mol. The molecule has 0 heterocycles. The first-order valence-corrected chi connectivity index (χ1v) is 9.04. The zero-order valence-corrected chi connectivity index (χ0v) is 16.2. The molecule has 0 saturated heterocycles. The van der Waals surface area contributed by atoms with Crippen LogP contribution in [0.25, 0.3) is 0 Å². The van der Waals surface area contributed by atoms with E-state index in [9.17, 15) is 9.59 Å². The number of ether oxygens (including phenoxy) is 1. The molecule has 0 aliphatic carbocycles. The summed E-state index contributed by atoms with van der Waals surface area (Å²) in [6, 6.07) is 15.6. The van der Waals surface area contributed by atoms with Gasteiger partial charge in [0.2, 0.25) is 5.91 Å². The van der Waals surface area contributed by atoms with Gasteiger partial charge < -0.3 is 10.1 Å². The summed E-state index contributed by atoms with van der Waals surface area (Å²) in [6.45, 7) is 3.01. The predicted molar refractivity (Wildman–Crippen MR) is 106 cm³/mol. The number of imide groups is 1. The van der Waals surface area contributed by atoms with E-state index in [2.05, 4.69) is 10.6 Å². The second-order valence-corrected chi connectivity index (χ2v) is 6.56. The van der Waals surface area contributed by atoms with Gasteiger partial charge in [-0.1, -0.05) is 48.0 Å². The Morgan fingerprint density at radius 2 is 1.89 bits per heavy atom. The van der Waals surface area contributed by atoms with Crippen LogP contribution in [0.5, 0.6) is 5.75 Å². The monoisotopic (exact) mass is 389 g/mol. The van der Waals surface area contributed by atoms with Gasteiger partial charge in [0.25, 0.3) is 0 Å². The van der Waals surface area contributed by atoms with E-state index in [-0.39, 0.29) is 5.91 Å². The summed E-state index contributed by atoms with van der Waals surface area (Å²) < 4.78 is 5.62. The van der Waals surface area contributed by atoms with Gasteiger partial charge in [-0.15, -0.1) is 0 Å². The summed E-state index contributed by atoms with van der Waals surface area (Å²) in [6.07, 6.45) is 0. The van der Waals surface area contributed by atoms with Gasteiger partial charge in [0, 0.05) is 18.1 Å². The quantitative estimate of drug-likeness (QED) is 0.728. The van der Waals surface area contributed by atoms with Crippen LogP contribution in [0, 0.1) is 0 Å². The molecule has 2 N–H and O–H groups in total. The van der Waals surface area contributed by atoms with Crippen molar-refractivity contribution in [2.75, 3.05) is 20.2 Å². The topological polar surface area (TPSA) is 70.7 Å². The van der Waals surface area contributed by atoms with Crippen molar-refractivity contribution in [1.82, 2.24) is 15.5 Å². The second kappa shape index (κ2) is 10.5. The molecular formula is C20H24ClN3O3. The number of halogens is 1. The van der Waals surface area contributed by atoms with Crippen LogP contribution < -0.4 is 15.4 Å². The van der Waals surface area contributed by atoms with Crippen molar-refractivity contribution in [3.63, 3.8) is 0 Å². The van der Waals surface area contributed by atoms with Gasteiger partial charge in [0.1, 0.15) is 12.4 Å². The standard InChI is InChI=1S/C20H24ClN3O3/c1-15(24(2)11-12-27-18-10-6-9-17(21)13-18)19(25)23-20(26)22-14-16-7-4-3-5-8-16/h3-10,13,15H,11-12,14H2,1-2H3,(H2,22,23,25,26). The Morgan fingerprint density at radius 1 is 1.15 bits per heavy atom. The van der Waals surface area contributed by atoms with Gasteiger partial charge in [0.05, 0.1) is 6.04 Å². The van der Waals surface area contributed by atoms with Gasteiger partial charge in [-0.05, 0) is 37.7 Å². The molecule has 2 rings (SSSR count). The van der Waals surface area contributed by atoms with E-state index in [1.165, 1.54) is 0 Å². The predicted octanol–water partition coefficient (Wildman–Crippen LogP) is 3.07. The molecule has 0 saturated carbocycles. The van der Waals surface area contributed by atoms with Crippen LogP contribution in [0.1, 0.15) is 12.5 Å². The Labute approximate surface area is 164 Å². The minimum absolute atomic E-state index is 0.359. The molecule has 1 unspecified atom stereocenters. The number of nitrogens with zero attached hydrogens (tertiary/aromatic N) is 1. The number of hydrogen-bond acceptors (Lipinski definition) is 4. The Bertz CT molecular complexity index is 755. The number of carbonyl (C=O) groups excluding carboxylic acids is 2. The number of urea groups is 1. The third-order valence-corrected chi connectivity index (χ3v) is 4.32. The second-order valence-electron chi connectivity index (χ2n) is 6.12. The van der Waals surface area contributed by atoms with Crippen molar-refractivity contribution in [2.24, 2.45) is 0 Å². The summed E-state index contributed by atoms with van der Waals surface area (Å²) >= 11 is 5.91. The van der Waals surface area contributed by atoms with Gasteiger partial charge in [-0.25, -0.2) is 4.79 Å². The number of rotatable bonds is 8. The van der Waals surface area contributed by atoms with Crippen molar-refractivity contribution in [3.05, 3.63) is 65.2 Å². The molecule has 144 valence electrons. The van der Waals surface area contributed by atoms with Gasteiger partial charge in [-0.3, -0.25) is 15.0 Å². The average Bonchev–Trinajstić information content (AvgIpc) is 2.66. The van der Waals surface area contributed by atoms with Crippen LogP contribution >= 0.6 is 11.6 Å². The smallest absolute Gasteiger partial charge is 0.321 e. The minimum atomic E-state index is -0.515. The number of amides is 3. The minimum Gasteiger partial charge on any atom is -0.492 e. The highest BCUT2D eigenvalue weighted by Gasteiger charge is 2.19. The first-order valence-electron chi connectivity index (χ1n) is 8.67. The van der Waals surface area contributed by atoms with Crippen molar-refractivity contribution in [3.8, 4) is 5.75 Å². The van der Waals surface area contributed by atoms with Crippen LogP contribution in [-0.4, -0.2) is 43.1 Å². The summed E-state index contributed by atoms with van der Waals surface area (Å²) in [5.74, 6) is 0.305. The molecule has 7 heteroatoms. The van der Waals surface area contributed by atoms with E-state index in [1.54, 1.807) is 26.1 Å². The zero-order valence-electron chi connectivity index (χ0n) is 15.4. The fourth-order valence-electron chi connectivity index (χ4n) is 2.30. The van der Waals surface area contributed by atoms with E-state index >= 15 is 0 Å². The fraction of sp³-hybridized carbons (Fsp3) is 0.300. The molecule has 0 aromatic heterocycles. The molecule has 0 aliphatic heterocycles. The molecule has 0 fully saturated rings. The van der Waals surface area contributed by atoms with E-state index in [1.807, 2.05) is 47.4 Å². The number of carbonyl (C=O) groups is 2. The van der Waals surface area contributed by atoms with Crippen LogP contribution in [0.2, 0.25) is 5.02 Å². The van der Waals surface area contributed by atoms with E-state index in [4.69, 9.17) is 16.3 Å². The Morgan fingerprint density at radius 3 is 2.59 bits per heavy atom. The first-order chi connectivity index (χ1) is 13.0. The van der Waals surface area contributed by atoms with Crippen molar-refractivity contribution >= 4 is 23.5 Å².